The Balaban J connectivity index is 2.28. The molecule has 0 spiro atoms. The van der Waals surface area contributed by atoms with Crippen LogP contribution in [0.5, 0.6) is 0 Å². The molecule has 1 aromatic rings. The number of hydrogen-bond donors (Lipinski definition) is 0. The molecule has 0 saturated heterocycles. The van der Waals surface area contributed by atoms with Gasteiger partial charge in [0.25, 0.3) is 0 Å². The zero-order valence-corrected chi connectivity index (χ0v) is 11.9. The van der Waals surface area contributed by atoms with Gasteiger partial charge in [0.1, 0.15) is 0 Å². The molecule has 0 aliphatic heterocycles. The summed E-state index contributed by atoms with van der Waals surface area (Å²) in [6.07, 6.45) is 3.43. The van der Waals surface area contributed by atoms with Gasteiger partial charge in [0.05, 0.1) is 18.6 Å². The Bertz CT molecular complexity index is 438. The summed E-state index contributed by atoms with van der Waals surface area (Å²) in [7, 11) is 3.15. The summed E-state index contributed by atoms with van der Waals surface area (Å²) in [6, 6.07) is 8.34. The first-order valence-electron chi connectivity index (χ1n) is 6.79. The molecule has 0 amide bonds. The van der Waals surface area contributed by atoms with Crippen LogP contribution in [0, 0.1) is 12.3 Å². The highest BCUT2D eigenvalue weighted by molar-refractivity contribution is 5.78. The smallest absolute Gasteiger partial charge is 0.314 e. The van der Waals surface area contributed by atoms with E-state index in [0.29, 0.717) is 6.42 Å². The maximum absolute atomic E-state index is 12.3. The molecule has 2 unspecified atom stereocenters. The lowest BCUT2D eigenvalue weighted by molar-refractivity contribution is -0.159. The van der Waals surface area contributed by atoms with Gasteiger partial charge in [-0.05, 0) is 38.2 Å². The summed E-state index contributed by atoms with van der Waals surface area (Å²) in [5.41, 5.74) is 1.88. The van der Waals surface area contributed by atoms with Crippen molar-refractivity contribution >= 4 is 5.97 Å². The quantitative estimate of drug-likeness (QED) is 0.783. The van der Waals surface area contributed by atoms with Crippen LogP contribution in [0.1, 0.15) is 30.4 Å². The second kappa shape index (κ2) is 5.74. The molecule has 1 saturated carbocycles. The maximum Gasteiger partial charge on any atom is 0.314 e. The third-order valence-corrected chi connectivity index (χ3v) is 4.22. The zero-order valence-electron chi connectivity index (χ0n) is 11.9. The molecule has 2 atom stereocenters. The largest absolute Gasteiger partial charge is 0.469 e. The summed E-state index contributed by atoms with van der Waals surface area (Å²) < 4.78 is 10.6. The van der Waals surface area contributed by atoms with E-state index in [2.05, 4.69) is 31.2 Å². The first kappa shape index (κ1) is 14.1. The number of carbonyl (C=O) groups excluding carboxylic acids is 1. The number of benzene rings is 1. The molecule has 3 nitrogen and oxygen atoms in total. The van der Waals surface area contributed by atoms with Crippen LogP contribution in [0.3, 0.4) is 0 Å². The van der Waals surface area contributed by atoms with Gasteiger partial charge in [-0.2, -0.15) is 0 Å². The maximum atomic E-state index is 12.3. The number of esters is 1. The van der Waals surface area contributed by atoms with E-state index in [0.717, 1.165) is 19.3 Å². The first-order valence-corrected chi connectivity index (χ1v) is 6.79. The van der Waals surface area contributed by atoms with Crippen molar-refractivity contribution in [1.82, 2.24) is 0 Å². The van der Waals surface area contributed by atoms with E-state index in [9.17, 15) is 4.79 Å². The van der Waals surface area contributed by atoms with E-state index < -0.39 is 5.41 Å². The minimum Gasteiger partial charge on any atom is -0.469 e. The van der Waals surface area contributed by atoms with Crippen LogP contribution >= 0.6 is 0 Å². The highest BCUT2D eigenvalue weighted by atomic mass is 16.5. The SMILES string of the molecule is COC(=O)C1(Cc2ccc(C)cc2)CCCC1OC. The number of aryl methyl sites for hydroxylation is 1. The van der Waals surface area contributed by atoms with Gasteiger partial charge in [-0.25, -0.2) is 0 Å². The Morgan fingerprint density at radius 1 is 1.32 bits per heavy atom. The van der Waals surface area contributed by atoms with Crippen molar-refractivity contribution < 1.29 is 14.3 Å². The molecule has 3 heteroatoms. The second-order valence-corrected chi connectivity index (χ2v) is 5.43. The Hall–Kier alpha value is -1.35. The van der Waals surface area contributed by atoms with Crippen LogP contribution in [0.4, 0.5) is 0 Å². The highest BCUT2D eigenvalue weighted by Crippen LogP contribution is 2.43. The van der Waals surface area contributed by atoms with Crippen LogP contribution in [-0.4, -0.2) is 26.3 Å². The summed E-state index contributed by atoms with van der Waals surface area (Å²) >= 11 is 0. The molecule has 0 radical (unpaired) electrons. The van der Waals surface area contributed by atoms with Gasteiger partial charge in [-0.1, -0.05) is 29.8 Å². The van der Waals surface area contributed by atoms with Gasteiger partial charge in [0.15, 0.2) is 0 Å². The van der Waals surface area contributed by atoms with Crippen molar-refractivity contribution in [3.05, 3.63) is 35.4 Å². The summed E-state index contributed by atoms with van der Waals surface area (Å²) in [6.45, 7) is 2.06. The van der Waals surface area contributed by atoms with Crippen LogP contribution in [-0.2, 0) is 20.7 Å². The average Bonchev–Trinajstić information content (AvgIpc) is 2.84. The summed E-state index contributed by atoms with van der Waals surface area (Å²) in [5, 5.41) is 0. The first-order chi connectivity index (χ1) is 9.12. The lowest BCUT2D eigenvalue weighted by atomic mass is 9.78. The lowest BCUT2D eigenvalue weighted by Crippen LogP contribution is -2.42. The predicted octanol–water partition coefficient (Wildman–Crippen LogP) is 2.90. The normalized spacial score (nSPS) is 26.4. The van der Waals surface area contributed by atoms with E-state index in [1.165, 1.54) is 18.2 Å². The fourth-order valence-electron chi connectivity index (χ4n) is 3.16. The van der Waals surface area contributed by atoms with Crippen LogP contribution in [0.25, 0.3) is 0 Å². The molecule has 1 fully saturated rings. The monoisotopic (exact) mass is 262 g/mol. The average molecular weight is 262 g/mol. The summed E-state index contributed by atoms with van der Waals surface area (Å²) in [5.74, 6) is -0.141. The number of rotatable bonds is 4. The molecule has 104 valence electrons. The van der Waals surface area contributed by atoms with E-state index in [-0.39, 0.29) is 12.1 Å². The molecule has 1 aliphatic carbocycles. The van der Waals surface area contributed by atoms with E-state index >= 15 is 0 Å². The van der Waals surface area contributed by atoms with Crippen LogP contribution < -0.4 is 0 Å². The molecule has 19 heavy (non-hydrogen) atoms. The van der Waals surface area contributed by atoms with E-state index in [4.69, 9.17) is 9.47 Å². The molecule has 0 heterocycles. The Morgan fingerprint density at radius 3 is 2.58 bits per heavy atom. The standard InChI is InChI=1S/C16H22O3/c1-12-6-8-13(9-7-12)11-16(15(17)19-3)10-4-5-14(16)18-2/h6-9,14H,4-5,10-11H2,1-3H3. The lowest BCUT2D eigenvalue weighted by Gasteiger charge is -2.32. The highest BCUT2D eigenvalue weighted by Gasteiger charge is 2.50. The molecule has 0 N–H and O–H groups in total. The van der Waals surface area contributed by atoms with E-state index in [1.807, 2.05) is 0 Å². The van der Waals surface area contributed by atoms with Crippen molar-refractivity contribution in [2.45, 2.75) is 38.7 Å². The number of hydrogen-bond acceptors (Lipinski definition) is 3. The van der Waals surface area contributed by atoms with Crippen molar-refractivity contribution in [2.75, 3.05) is 14.2 Å². The fourth-order valence-corrected chi connectivity index (χ4v) is 3.16. The van der Waals surface area contributed by atoms with Gasteiger partial charge in [-0.15, -0.1) is 0 Å². The van der Waals surface area contributed by atoms with Crippen LogP contribution in [0.2, 0.25) is 0 Å². The van der Waals surface area contributed by atoms with Gasteiger partial charge in [0.2, 0.25) is 0 Å². The molecular formula is C16H22O3. The van der Waals surface area contributed by atoms with Gasteiger partial charge >= 0.3 is 5.97 Å². The molecule has 0 bridgehead atoms. The molecule has 1 aliphatic rings. The van der Waals surface area contributed by atoms with Gasteiger partial charge < -0.3 is 9.47 Å². The topological polar surface area (TPSA) is 35.5 Å². The molecular weight excluding hydrogens is 240 g/mol. The minimum atomic E-state index is -0.515. The minimum absolute atomic E-state index is 0.0405. The third kappa shape index (κ3) is 2.66. The Labute approximate surface area is 114 Å². The van der Waals surface area contributed by atoms with Crippen molar-refractivity contribution in [3.63, 3.8) is 0 Å². The van der Waals surface area contributed by atoms with Crippen molar-refractivity contribution in [1.29, 1.82) is 0 Å². The second-order valence-electron chi connectivity index (χ2n) is 5.43. The number of carbonyl (C=O) groups is 1. The number of methoxy groups -OCH3 is 2. The van der Waals surface area contributed by atoms with Crippen LogP contribution in [0.15, 0.2) is 24.3 Å². The Morgan fingerprint density at radius 2 is 2.00 bits per heavy atom. The molecule has 2 rings (SSSR count). The zero-order chi connectivity index (χ0) is 13.9. The predicted molar refractivity (Wildman–Crippen MR) is 74.0 cm³/mol. The van der Waals surface area contributed by atoms with E-state index in [1.54, 1.807) is 7.11 Å². The van der Waals surface area contributed by atoms with Gasteiger partial charge in [-0.3, -0.25) is 4.79 Å². The Kier molecular flexibility index (Phi) is 4.25. The fraction of sp³-hybridized carbons (Fsp3) is 0.562. The van der Waals surface area contributed by atoms with Crippen molar-refractivity contribution in [2.24, 2.45) is 5.41 Å². The third-order valence-electron chi connectivity index (χ3n) is 4.22. The number of ether oxygens (including phenoxy) is 2. The molecule has 1 aromatic carbocycles. The van der Waals surface area contributed by atoms with Gasteiger partial charge in [0, 0.05) is 7.11 Å². The van der Waals surface area contributed by atoms with Crippen molar-refractivity contribution in [3.8, 4) is 0 Å². The molecule has 0 aromatic heterocycles. The summed E-state index contributed by atoms with van der Waals surface area (Å²) in [4.78, 5) is 12.3.